The van der Waals surface area contributed by atoms with Gasteiger partial charge in [-0.05, 0) is 49.2 Å². The van der Waals surface area contributed by atoms with Crippen molar-refractivity contribution < 1.29 is 9.47 Å². The number of rotatable bonds is 8. The van der Waals surface area contributed by atoms with E-state index in [1.54, 1.807) is 7.11 Å². The summed E-state index contributed by atoms with van der Waals surface area (Å²) in [6, 6.07) is 18.1. The van der Waals surface area contributed by atoms with Gasteiger partial charge in [0.1, 0.15) is 23.6 Å². The van der Waals surface area contributed by atoms with Crippen LogP contribution in [0.4, 0.5) is 5.82 Å². The lowest BCUT2D eigenvalue weighted by Crippen LogP contribution is -2.14. The summed E-state index contributed by atoms with van der Waals surface area (Å²) in [5.74, 6) is 3.07. The molecule has 0 spiro atoms. The molecule has 2 heterocycles. The number of anilines is 1. The van der Waals surface area contributed by atoms with Gasteiger partial charge >= 0.3 is 0 Å². The average Bonchev–Trinajstić information content (AvgIpc) is 3.32. The SMILES string of the molecule is COc1ccc(-c2nc(NCCOc3ccccc3)c3ncn(C4CCCCC4)c3n2)cc1. The number of ether oxygens (including phenoxy) is 2. The number of aromatic nitrogens is 4. The summed E-state index contributed by atoms with van der Waals surface area (Å²) in [6.45, 7) is 1.13. The summed E-state index contributed by atoms with van der Waals surface area (Å²) in [7, 11) is 1.67. The van der Waals surface area contributed by atoms with Gasteiger partial charge < -0.3 is 19.4 Å². The van der Waals surface area contributed by atoms with Crippen LogP contribution in [0.3, 0.4) is 0 Å². The van der Waals surface area contributed by atoms with E-state index in [2.05, 4.69) is 9.88 Å². The predicted molar refractivity (Wildman–Crippen MR) is 130 cm³/mol. The van der Waals surface area contributed by atoms with E-state index in [0.717, 1.165) is 34.0 Å². The molecule has 2 aromatic heterocycles. The number of methoxy groups -OCH3 is 1. The highest BCUT2D eigenvalue weighted by molar-refractivity contribution is 5.85. The molecule has 7 nitrogen and oxygen atoms in total. The Morgan fingerprint density at radius 2 is 1.73 bits per heavy atom. The summed E-state index contributed by atoms with van der Waals surface area (Å²) in [5, 5.41) is 3.43. The van der Waals surface area contributed by atoms with E-state index in [4.69, 9.17) is 24.4 Å². The van der Waals surface area contributed by atoms with Crippen LogP contribution in [0.15, 0.2) is 60.9 Å². The summed E-state index contributed by atoms with van der Waals surface area (Å²) in [5.41, 5.74) is 2.63. The van der Waals surface area contributed by atoms with Crippen LogP contribution < -0.4 is 14.8 Å². The zero-order valence-corrected chi connectivity index (χ0v) is 18.9. The molecule has 2 aromatic carbocycles. The summed E-state index contributed by atoms with van der Waals surface area (Å²) in [6.07, 6.45) is 8.08. The molecule has 0 aliphatic heterocycles. The molecule has 4 aromatic rings. The maximum atomic E-state index is 5.84. The lowest BCUT2D eigenvalue weighted by Gasteiger charge is -2.23. The summed E-state index contributed by atoms with van der Waals surface area (Å²) < 4.78 is 13.4. The number of imidazole rings is 1. The second-order valence-electron chi connectivity index (χ2n) is 8.33. The van der Waals surface area contributed by atoms with Crippen molar-refractivity contribution in [3.63, 3.8) is 0 Å². The molecule has 0 unspecified atom stereocenters. The van der Waals surface area contributed by atoms with E-state index < -0.39 is 0 Å². The molecule has 170 valence electrons. The second kappa shape index (κ2) is 9.90. The number of para-hydroxylation sites is 1. The molecule has 1 saturated carbocycles. The van der Waals surface area contributed by atoms with E-state index >= 15 is 0 Å². The van der Waals surface area contributed by atoms with Gasteiger partial charge in [-0.1, -0.05) is 37.5 Å². The van der Waals surface area contributed by atoms with Gasteiger partial charge in [0.25, 0.3) is 0 Å². The lowest BCUT2D eigenvalue weighted by molar-refractivity contribution is 0.333. The Labute approximate surface area is 193 Å². The number of fused-ring (bicyclic) bond motifs is 1. The van der Waals surface area contributed by atoms with Gasteiger partial charge in [0.2, 0.25) is 0 Å². The van der Waals surface area contributed by atoms with Gasteiger partial charge in [-0.15, -0.1) is 0 Å². The monoisotopic (exact) mass is 443 g/mol. The van der Waals surface area contributed by atoms with Crippen molar-refractivity contribution in [2.24, 2.45) is 0 Å². The first-order valence-corrected chi connectivity index (χ1v) is 11.6. The Kier molecular flexibility index (Phi) is 6.37. The Balaban J connectivity index is 1.44. The van der Waals surface area contributed by atoms with Gasteiger partial charge in [-0.3, -0.25) is 0 Å². The Morgan fingerprint density at radius 1 is 0.939 bits per heavy atom. The first-order valence-electron chi connectivity index (χ1n) is 11.6. The van der Waals surface area contributed by atoms with Crippen molar-refractivity contribution in [1.82, 2.24) is 19.5 Å². The molecule has 0 amide bonds. The molecule has 0 bridgehead atoms. The largest absolute Gasteiger partial charge is 0.497 e. The maximum Gasteiger partial charge on any atom is 0.166 e. The first kappa shape index (κ1) is 21.2. The van der Waals surface area contributed by atoms with Gasteiger partial charge in [-0.2, -0.15) is 0 Å². The van der Waals surface area contributed by atoms with Crippen molar-refractivity contribution in [1.29, 1.82) is 0 Å². The number of nitrogens with one attached hydrogen (secondary N) is 1. The quantitative estimate of drug-likeness (QED) is 0.363. The molecule has 33 heavy (non-hydrogen) atoms. The summed E-state index contributed by atoms with van der Waals surface area (Å²) >= 11 is 0. The smallest absolute Gasteiger partial charge is 0.166 e. The van der Waals surface area contributed by atoms with Crippen LogP contribution in [0.2, 0.25) is 0 Å². The zero-order valence-electron chi connectivity index (χ0n) is 18.9. The number of hydrogen-bond acceptors (Lipinski definition) is 6. The van der Waals surface area contributed by atoms with Crippen LogP contribution in [-0.4, -0.2) is 39.8 Å². The van der Waals surface area contributed by atoms with Crippen molar-refractivity contribution >= 4 is 17.0 Å². The Hall–Kier alpha value is -3.61. The molecule has 1 aliphatic rings. The van der Waals surface area contributed by atoms with Crippen LogP contribution in [0.25, 0.3) is 22.6 Å². The third-order valence-electron chi connectivity index (χ3n) is 6.14. The second-order valence-corrected chi connectivity index (χ2v) is 8.33. The molecule has 0 atom stereocenters. The fraction of sp³-hybridized carbons (Fsp3) is 0.346. The fourth-order valence-electron chi connectivity index (χ4n) is 4.39. The van der Waals surface area contributed by atoms with Crippen LogP contribution in [-0.2, 0) is 0 Å². The lowest BCUT2D eigenvalue weighted by atomic mass is 9.95. The van der Waals surface area contributed by atoms with Crippen LogP contribution in [0.1, 0.15) is 38.1 Å². The normalized spacial score (nSPS) is 14.3. The minimum atomic E-state index is 0.441. The summed E-state index contributed by atoms with van der Waals surface area (Å²) in [4.78, 5) is 14.5. The number of hydrogen-bond donors (Lipinski definition) is 1. The molecule has 1 N–H and O–H groups in total. The van der Waals surface area contributed by atoms with Gasteiger partial charge in [0.05, 0.1) is 20.0 Å². The third kappa shape index (κ3) is 4.77. The first-order chi connectivity index (χ1) is 16.3. The fourth-order valence-corrected chi connectivity index (χ4v) is 4.39. The van der Waals surface area contributed by atoms with E-state index in [-0.39, 0.29) is 0 Å². The van der Waals surface area contributed by atoms with E-state index in [1.165, 1.54) is 32.1 Å². The average molecular weight is 444 g/mol. The minimum Gasteiger partial charge on any atom is -0.497 e. The van der Waals surface area contributed by atoms with Crippen molar-refractivity contribution in [3.8, 4) is 22.9 Å². The highest BCUT2D eigenvalue weighted by Crippen LogP contribution is 2.32. The number of nitrogens with zero attached hydrogens (tertiary/aromatic N) is 4. The molecule has 1 aliphatic carbocycles. The Bertz CT molecular complexity index is 1180. The van der Waals surface area contributed by atoms with Gasteiger partial charge in [-0.25, -0.2) is 15.0 Å². The highest BCUT2D eigenvalue weighted by atomic mass is 16.5. The molecule has 1 fully saturated rings. The topological polar surface area (TPSA) is 74.1 Å². The standard InChI is InChI=1S/C26H29N5O2/c1-32-21-14-12-19(13-15-21)24-29-25(27-16-17-33-22-10-6-3-7-11-22)23-26(30-24)31(18-28-23)20-8-4-2-5-9-20/h3,6-7,10-15,18,20H,2,4-5,8-9,16-17H2,1H3,(H,27,29,30). The van der Waals surface area contributed by atoms with Crippen LogP contribution >= 0.6 is 0 Å². The molecule has 7 heteroatoms. The minimum absolute atomic E-state index is 0.441. The van der Waals surface area contributed by atoms with E-state index in [0.29, 0.717) is 25.0 Å². The van der Waals surface area contributed by atoms with Gasteiger partial charge in [0, 0.05) is 11.6 Å². The van der Waals surface area contributed by atoms with Crippen molar-refractivity contribution in [2.75, 3.05) is 25.6 Å². The van der Waals surface area contributed by atoms with Crippen molar-refractivity contribution in [3.05, 3.63) is 60.9 Å². The molecule has 0 radical (unpaired) electrons. The molecule has 5 rings (SSSR count). The van der Waals surface area contributed by atoms with Crippen LogP contribution in [0, 0.1) is 0 Å². The Morgan fingerprint density at radius 3 is 2.48 bits per heavy atom. The van der Waals surface area contributed by atoms with E-state index in [1.807, 2.05) is 60.9 Å². The number of benzene rings is 2. The third-order valence-corrected chi connectivity index (χ3v) is 6.14. The predicted octanol–water partition coefficient (Wildman–Crippen LogP) is 5.50. The molecular weight excluding hydrogens is 414 g/mol. The van der Waals surface area contributed by atoms with Crippen LogP contribution in [0.5, 0.6) is 11.5 Å². The molecular formula is C26H29N5O2. The molecule has 0 saturated heterocycles. The highest BCUT2D eigenvalue weighted by Gasteiger charge is 2.21. The zero-order chi connectivity index (χ0) is 22.5. The van der Waals surface area contributed by atoms with Crippen molar-refractivity contribution in [2.45, 2.75) is 38.1 Å². The van der Waals surface area contributed by atoms with Gasteiger partial charge in [0.15, 0.2) is 17.3 Å². The van der Waals surface area contributed by atoms with E-state index in [9.17, 15) is 0 Å². The maximum absolute atomic E-state index is 5.84.